The summed E-state index contributed by atoms with van der Waals surface area (Å²) in [5, 5.41) is 1.07. The van der Waals surface area contributed by atoms with Gasteiger partial charge in [0.05, 0.1) is 0 Å². The molecule has 1 aromatic heterocycles. The van der Waals surface area contributed by atoms with E-state index in [2.05, 4.69) is 29.8 Å². The fraction of sp³-hybridized carbons (Fsp3) is 0.500. The van der Waals surface area contributed by atoms with Crippen LogP contribution in [0.5, 0.6) is 0 Å². The number of nitrogens with one attached hydrogen (secondary N) is 1. The Morgan fingerprint density at radius 2 is 1.92 bits per heavy atom. The Kier molecular flexibility index (Phi) is 5.53. The third-order valence-corrected chi connectivity index (χ3v) is 4.94. The minimum Gasteiger partial charge on any atom is -0.340 e. The molecule has 25 heavy (non-hydrogen) atoms. The first kappa shape index (κ1) is 17.7. The SMILES string of the molecule is CCCCC(=O)N1CCN(Cc2cc3cc(C)ccc3[nH]c2=O)CC1. The topological polar surface area (TPSA) is 56.4 Å². The number of hydrogen-bond acceptors (Lipinski definition) is 3. The third kappa shape index (κ3) is 4.28. The summed E-state index contributed by atoms with van der Waals surface area (Å²) in [4.78, 5) is 31.6. The van der Waals surface area contributed by atoms with E-state index in [1.54, 1.807) is 0 Å². The van der Waals surface area contributed by atoms with Crippen molar-refractivity contribution in [1.29, 1.82) is 0 Å². The van der Waals surface area contributed by atoms with Gasteiger partial charge in [-0.05, 0) is 36.9 Å². The fourth-order valence-electron chi connectivity index (χ4n) is 3.37. The molecule has 0 unspecified atom stereocenters. The summed E-state index contributed by atoms with van der Waals surface area (Å²) >= 11 is 0. The van der Waals surface area contributed by atoms with Gasteiger partial charge in [0.1, 0.15) is 0 Å². The maximum Gasteiger partial charge on any atom is 0.252 e. The number of aromatic amines is 1. The van der Waals surface area contributed by atoms with Gasteiger partial charge in [0.25, 0.3) is 5.56 Å². The number of H-pyrrole nitrogens is 1. The molecule has 1 aliphatic rings. The summed E-state index contributed by atoms with van der Waals surface area (Å²) in [6, 6.07) is 8.06. The van der Waals surface area contributed by atoms with E-state index in [0.717, 1.165) is 55.5 Å². The Labute approximate surface area is 148 Å². The lowest BCUT2D eigenvalue weighted by Gasteiger charge is -2.34. The molecule has 5 nitrogen and oxygen atoms in total. The molecule has 0 aliphatic carbocycles. The van der Waals surface area contributed by atoms with Crippen molar-refractivity contribution >= 4 is 16.8 Å². The number of nitrogens with zero attached hydrogens (tertiary/aromatic N) is 2. The Bertz CT molecular complexity index is 804. The molecule has 1 aliphatic heterocycles. The first-order valence-electron chi connectivity index (χ1n) is 9.19. The van der Waals surface area contributed by atoms with Gasteiger partial charge >= 0.3 is 0 Å². The van der Waals surface area contributed by atoms with Crippen molar-refractivity contribution in [3.05, 3.63) is 45.7 Å². The number of unbranched alkanes of at least 4 members (excludes halogenated alkanes) is 1. The summed E-state index contributed by atoms with van der Waals surface area (Å²) in [6.45, 7) is 7.95. The van der Waals surface area contributed by atoms with Crippen LogP contribution in [0.4, 0.5) is 0 Å². The second-order valence-electron chi connectivity index (χ2n) is 6.97. The number of hydrogen-bond donors (Lipinski definition) is 1. The van der Waals surface area contributed by atoms with E-state index in [9.17, 15) is 9.59 Å². The number of carbonyl (C=O) groups excluding carboxylic acids is 1. The average Bonchev–Trinajstić information content (AvgIpc) is 2.61. The number of rotatable bonds is 5. The second kappa shape index (κ2) is 7.83. The Morgan fingerprint density at radius 3 is 2.64 bits per heavy atom. The van der Waals surface area contributed by atoms with Crippen LogP contribution in [0.3, 0.4) is 0 Å². The van der Waals surface area contributed by atoms with E-state index >= 15 is 0 Å². The van der Waals surface area contributed by atoms with Gasteiger partial charge in [-0.1, -0.05) is 25.0 Å². The number of amides is 1. The molecule has 134 valence electrons. The predicted molar refractivity (Wildman–Crippen MR) is 101 cm³/mol. The molecule has 1 aromatic carbocycles. The first-order valence-corrected chi connectivity index (χ1v) is 9.19. The first-order chi connectivity index (χ1) is 12.1. The Morgan fingerprint density at radius 1 is 1.16 bits per heavy atom. The summed E-state index contributed by atoms with van der Waals surface area (Å²) in [5.74, 6) is 0.264. The van der Waals surface area contributed by atoms with Crippen molar-refractivity contribution in [3.63, 3.8) is 0 Å². The lowest BCUT2D eigenvalue weighted by Crippen LogP contribution is -2.48. The fourth-order valence-corrected chi connectivity index (χ4v) is 3.37. The molecule has 0 spiro atoms. The van der Waals surface area contributed by atoms with E-state index in [1.807, 2.05) is 23.1 Å². The van der Waals surface area contributed by atoms with Crippen LogP contribution in [0.2, 0.25) is 0 Å². The van der Waals surface area contributed by atoms with Crippen LogP contribution in [-0.2, 0) is 11.3 Å². The summed E-state index contributed by atoms with van der Waals surface area (Å²) in [6.07, 6.45) is 2.67. The molecular formula is C20H27N3O2. The van der Waals surface area contributed by atoms with Gasteiger partial charge in [-0.15, -0.1) is 0 Å². The van der Waals surface area contributed by atoms with Crippen molar-refractivity contribution in [1.82, 2.24) is 14.8 Å². The van der Waals surface area contributed by atoms with E-state index in [-0.39, 0.29) is 11.5 Å². The van der Waals surface area contributed by atoms with Gasteiger partial charge in [-0.3, -0.25) is 14.5 Å². The van der Waals surface area contributed by atoms with Crippen molar-refractivity contribution < 1.29 is 4.79 Å². The zero-order chi connectivity index (χ0) is 17.8. The predicted octanol–water partition coefficient (Wildman–Crippen LogP) is 2.67. The second-order valence-corrected chi connectivity index (χ2v) is 6.97. The van der Waals surface area contributed by atoms with Crippen molar-refractivity contribution in [2.24, 2.45) is 0 Å². The quantitative estimate of drug-likeness (QED) is 0.910. The number of aryl methyl sites for hydroxylation is 1. The maximum absolute atomic E-state index is 12.3. The average molecular weight is 341 g/mol. The largest absolute Gasteiger partial charge is 0.340 e. The molecule has 1 N–H and O–H groups in total. The van der Waals surface area contributed by atoms with Crippen LogP contribution in [0.1, 0.15) is 37.3 Å². The van der Waals surface area contributed by atoms with Crippen molar-refractivity contribution in [2.45, 2.75) is 39.7 Å². The van der Waals surface area contributed by atoms with Gasteiger partial charge in [0.2, 0.25) is 5.91 Å². The number of aromatic nitrogens is 1. The smallest absolute Gasteiger partial charge is 0.252 e. The van der Waals surface area contributed by atoms with Crippen molar-refractivity contribution in [3.8, 4) is 0 Å². The number of fused-ring (bicyclic) bond motifs is 1. The molecule has 1 saturated heterocycles. The Balaban J connectivity index is 1.64. The monoisotopic (exact) mass is 341 g/mol. The minimum atomic E-state index is -0.0159. The van der Waals surface area contributed by atoms with E-state index in [0.29, 0.717) is 13.0 Å². The van der Waals surface area contributed by atoms with Gasteiger partial charge in [0, 0.05) is 50.2 Å². The van der Waals surface area contributed by atoms with Gasteiger partial charge in [-0.2, -0.15) is 0 Å². The molecule has 1 fully saturated rings. The maximum atomic E-state index is 12.3. The lowest BCUT2D eigenvalue weighted by molar-refractivity contribution is -0.133. The molecule has 0 saturated carbocycles. The number of carbonyl (C=O) groups is 1. The zero-order valence-electron chi connectivity index (χ0n) is 15.2. The summed E-state index contributed by atoms with van der Waals surface area (Å²) < 4.78 is 0. The van der Waals surface area contributed by atoms with Crippen LogP contribution in [0, 0.1) is 6.92 Å². The highest BCUT2D eigenvalue weighted by atomic mass is 16.2. The molecular weight excluding hydrogens is 314 g/mol. The number of pyridine rings is 1. The van der Waals surface area contributed by atoms with Crippen LogP contribution in [0.25, 0.3) is 10.9 Å². The van der Waals surface area contributed by atoms with Crippen LogP contribution in [0.15, 0.2) is 29.1 Å². The van der Waals surface area contributed by atoms with Gasteiger partial charge in [-0.25, -0.2) is 0 Å². The standard InChI is InChI=1S/C20H27N3O2/c1-3-4-5-19(24)23-10-8-22(9-11-23)14-17-13-16-12-15(2)6-7-18(16)21-20(17)25/h6-7,12-13H,3-5,8-11,14H2,1-2H3,(H,21,25). The minimum absolute atomic E-state index is 0.0159. The van der Waals surface area contributed by atoms with Gasteiger partial charge in [0.15, 0.2) is 0 Å². The molecule has 2 aromatic rings. The van der Waals surface area contributed by atoms with Crippen molar-refractivity contribution in [2.75, 3.05) is 26.2 Å². The van der Waals surface area contributed by atoms with Crippen LogP contribution < -0.4 is 5.56 Å². The highest BCUT2D eigenvalue weighted by Gasteiger charge is 2.21. The summed E-state index contributed by atoms with van der Waals surface area (Å²) in [7, 11) is 0. The van der Waals surface area contributed by atoms with E-state index < -0.39 is 0 Å². The number of piperazine rings is 1. The molecule has 0 atom stereocenters. The normalized spacial score (nSPS) is 15.7. The molecule has 0 bridgehead atoms. The lowest BCUT2D eigenvalue weighted by atomic mass is 10.1. The zero-order valence-corrected chi connectivity index (χ0v) is 15.2. The number of benzene rings is 1. The highest BCUT2D eigenvalue weighted by Crippen LogP contribution is 2.15. The van der Waals surface area contributed by atoms with Crippen LogP contribution >= 0.6 is 0 Å². The molecule has 5 heteroatoms. The molecule has 3 rings (SSSR count). The highest BCUT2D eigenvalue weighted by molar-refractivity contribution is 5.79. The molecule has 0 radical (unpaired) electrons. The molecule has 2 heterocycles. The van der Waals surface area contributed by atoms with E-state index in [1.165, 1.54) is 5.56 Å². The summed E-state index contributed by atoms with van der Waals surface area (Å²) in [5.41, 5.74) is 2.84. The van der Waals surface area contributed by atoms with Gasteiger partial charge < -0.3 is 9.88 Å². The molecule has 1 amide bonds. The van der Waals surface area contributed by atoms with Crippen LogP contribution in [-0.4, -0.2) is 46.9 Å². The third-order valence-electron chi connectivity index (χ3n) is 4.94. The van der Waals surface area contributed by atoms with E-state index in [4.69, 9.17) is 0 Å². The Hall–Kier alpha value is -2.14.